The number of amides is 1. The lowest BCUT2D eigenvalue weighted by atomic mass is 9.84. The number of benzene rings is 1. The summed E-state index contributed by atoms with van der Waals surface area (Å²) >= 11 is 11.9. The number of carbonyl (C=O) groups excluding carboxylic acids is 1. The van der Waals surface area contributed by atoms with E-state index in [0.717, 1.165) is 5.56 Å². The highest BCUT2D eigenvalue weighted by Crippen LogP contribution is 2.29. The van der Waals surface area contributed by atoms with Gasteiger partial charge in [-0.15, -0.1) is 12.4 Å². The summed E-state index contributed by atoms with van der Waals surface area (Å²) in [6.45, 7) is 5.18. The predicted molar refractivity (Wildman–Crippen MR) is 88.0 cm³/mol. The van der Waals surface area contributed by atoms with E-state index in [2.05, 4.69) is 19.2 Å². The highest BCUT2D eigenvalue weighted by atomic mass is 35.5. The summed E-state index contributed by atoms with van der Waals surface area (Å²) in [5, 5.41) is 3.98. The topological polar surface area (TPSA) is 55.1 Å². The van der Waals surface area contributed by atoms with Crippen molar-refractivity contribution in [2.24, 2.45) is 5.73 Å². The summed E-state index contributed by atoms with van der Waals surface area (Å²) in [6, 6.07) is 5.55. The van der Waals surface area contributed by atoms with Crippen LogP contribution in [0.3, 0.4) is 0 Å². The number of halogens is 3. The molecule has 0 aliphatic heterocycles. The van der Waals surface area contributed by atoms with Gasteiger partial charge in [-0.3, -0.25) is 4.79 Å². The van der Waals surface area contributed by atoms with Crippen molar-refractivity contribution in [3.05, 3.63) is 33.8 Å². The van der Waals surface area contributed by atoms with Crippen molar-refractivity contribution in [1.82, 2.24) is 5.32 Å². The van der Waals surface area contributed by atoms with Crippen LogP contribution in [0.15, 0.2) is 18.2 Å². The second-order valence-electron chi connectivity index (χ2n) is 5.18. The third-order valence-corrected chi connectivity index (χ3v) is 3.78. The quantitative estimate of drug-likeness (QED) is 0.832. The third kappa shape index (κ3) is 5.88. The van der Waals surface area contributed by atoms with Gasteiger partial charge in [0.25, 0.3) is 0 Å². The van der Waals surface area contributed by atoms with Crippen molar-refractivity contribution in [3.8, 4) is 0 Å². The average Bonchev–Trinajstić information content (AvgIpc) is 2.37. The zero-order valence-corrected chi connectivity index (χ0v) is 14.0. The first-order valence-electron chi connectivity index (χ1n) is 6.29. The molecule has 0 radical (unpaired) electrons. The van der Waals surface area contributed by atoms with Crippen LogP contribution in [0, 0.1) is 0 Å². The molecule has 1 rings (SSSR count). The summed E-state index contributed by atoms with van der Waals surface area (Å²) in [4.78, 5) is 11.6. The number of nitrogens with one attached hydrogen (secondary N) is 1. The zero-order valence-electron chi connectivity index (χ0n) is 11.7. The number of carbonyl (C=O) groups is 1. The predicted octanol–water partition coefficient (Wildman–Crippen LogP) is 3.55. The third-order valence-electron chi connectivity index (χ3n) is 3.04. The van der Waals surface area contributed by atoms with Gasteiger partial charge in [0, 0.05) is 18.4 Å². The van der Waals surface area contributed by atoms with E-state index in [1.54, 1.807) is 6.07 Å². The second kappa shape index (κ2) is 8.73. The van der Waals surface area contributed by atoms with E-state index in [1.807, 2.05) is 12.1 Å². The maximum atomic E-state index is 11.6. The van der Waals surface area contributed by atoms with E-state index in [4.69, 9.17) is 28.9 Å². The van der Waals surface area contributed by atoms with Crippen LogP contribution in [-0.4, -0.2) is 19.0 Å². The first-order chi connectivity index (χ1) is 8.86. The van der Waals surface area contributed by atoms with E-state index >= 15 is 0 Å². The lowest BCUT2D eigenvalue weighted by molar-refractivity contribution is -0.121. The molecule has 0 saturated carbocycles. The minimum absolute atomic E-state index is 0. The number of hydrogen-bond donors (Lipinski definition) is 2. The van der Waals surface area contributed by atoms with Crippen molar-refractivity contribution in [2.45, 2.75) is 32.1 Å². The van der Waals surface area contributed by atoms with E-state index in [0.29, 0.717) is 36.0 Å². The van der Waals surface area contributed by atoms with Crippen LogP contribution in [-0.2, 0) is 10.2 Å². The minimum Gasteiger partial charge on any atom is -0.355 e. The SMILES string of the molecule is CC(C)(CNC(=O)CCCN)c1ccc(Cl)c(Cl)c1.Cl. The normalized spacial score (nSPS) is 10.8. The molecule has 1 amide bonds. The number of rotatable bonds is 6. The van der Waals surface area contributed by atoms with Crippen molar-refractivity contribution in [1.29, 1.82) is 0 Å². The van der Waals surface area contributed by atoms with Crippen molar-refractivity contribution < 1.29 is 4.79 Å². The molecule has 1 aromatic rings. The van der Waals surface area contributed by atoms with Crippen molar-refractivity contribution in [2.75, 3.05) is 13.1 Å². The molecule has 0 aromatic heterocycles. The Bertz CT molecular complexity index is 450. The lowest BCUT2D eigenvalue weighted by Gasteiger charge is -2.26. The maximum absolute atomic E-state index is 11.6. The molecule has 0 fully saturated rings. The van der Waals surface area contributed by atoms with E-state index in [-0.39, 0.29) is 23.7 Å². The van der Waals surface area contributed by atoms with Crippen LogP contribution in [0.25, 0.3) is 0 Å². The molecule has 0 spiro atoms. The standard InChI is InChI=1S/C14H20Cl2N2O.ClH/c1-14(2,9-18-13(19)4-3-7-17)10-5-6-11(15)12(16)8-10;/h5-6,8H,3-4,7,9,17H2,1-2H3,(H,18,19);1H. The molecule has 0 aliphatic rings. The highest BCUT2D eigenvalue weighted by molar-refractivity contribution is 6.42. The molecular formula is C14H21Cl3N2O. The van der Waals surface area contributed by atoms with Crippen LogP contribution in [0.1, 0.15) is 32.3 Å². The Labute approximate surface area is 136 Å². The largest absolute Gasteiger partial charge is 0.355 e. The van der Waals surface area contributed by atoms with Crippen LogP contribution >= 0.6 is 35.6 Å². The summed E-state index contributed by atoms with van der Waals surface area (Å²) in [5.41, 5.74) is 6.21. The summed E-state index contributed by atoms with van der Waals surface area (Å²) in [5.74, 6) is 0.0265. The molecule has 3 nitrogen and oxygen atoms in total. The van der Waals surface area contributed by atoms with Gasteiger partial charge in [0.1, 0.15) is 0 Å². The number of hydrogen-bond acceptors (Lipinski definition) is 2. The number of nitrogens with two attached hydrogens (primary N) is 1. The van der Waals surface area contributed by atoms with Gasteiger partial charge >= 0.3 is 0 Å². The average molecular weight is 340 g/mol. The minimum atomic E-state index is -0.202. The Hall–Kier alpha value is -0.480. The van der Waals surface area contributed by atoms with Gasteiger partial charge in [0.2, 0.25) is 5.91 Å². The van der Waals surface area contributed by atoms with Gasteiger partial charge in [-0.25, -0.2) is 0 Å². The van der Waals surface area contributed by atoms with Gasteiger partial charge in [-0.1, -0.05) is 43.1 Å². The van der Waals surface area contributed by atoms with Gasteiger partial charge in [0.05, 0.1) is 10.0 Å². The van der Waals surface area contributed by atoms with E-state index in [9.17, 15) is 4.79 Å². The smallest absolute Gasteiger partial charge is 0.220 e. The first kappa shape index (κ1) is 19.5. The van der Waals surface area contributed by atoms with Crippen molar-refractivity contribution >= 4 is 41.5 Å². The lowest BCUT2D eigenvalue weighted by Crippen LogP contribution is -2.36. The van der Waals surface area contributed by atoms with Crippen LogP contribution in [0.2, 0.25) is 10.0 Å². The van der Waals surface area contributed by atoms with Gasteiger partial charge in [0.15, 0.2) is 0 Å². The molecule has 3 N–H and O–H groups in total. The second-order valence-corrected chi connectivity index (χ2v) is 6.00. The molecule has 20 heavy (non-hydrogen) atoms. The molecule has 0 saturated heterocycles. The fraction of sp³-hybridized carbons (Fsp3) is 0.500. The fourth-order valence-corrected chi connectivity index (χ4v) is 1.99. The molecule has 0 atom stereocenters. The Morgan fingerprint density at radius 1 is 1.30 bits per heavy atom. The molecule has 0 heterocycles. The van der Waals surface area contributed by atoms with Gasteiger partial charge in [-0.2, -0.15) is 0 Å². The monoisotopic (exact) mass is 338 g/mol. The van der Waals surface area contributed by atoms with Gasteiger partial charge in [-0.05, 0) is 30.7 Å². The Morgan fingerprint density at radius 2 is 1.95 bits per heavy atom. The molecule has 0 aliphatic carbocycles. The molecule has 0 unspecified atom stereocenters. The molecular weight excluding hydrogens is 319 g/mol. The Balaban J connectivity index is 0.00000361. The highest BCUT2D eigenvalue weighted by Gasteiger charge is 2.22. The van der Waals surface area contributed by atoms with E-state index < -0.39 is 0 Å². The van der Waals surface area contributed by atoms with Crippen LogP contribution in [0.4, 0.5) is 0 Å². The molecule has 6 heteroatoms. The molecule has 1 aromatic carbocycles. The van der Waals surface area contributed by atoms with Crippen LogP contribution in [0.5, 0.6) is 0 Å². The van der Waals surface area contributed by atoms with Gasteiger partial charge < -0.3 is 11.1 Å². The first-order valence-corrected chi connectivity index (χ1v) is 7.04. The molecule has 0 bridgehead atoms. The fourth-order valence-electron chi connectivity index (χ4n) is 1.69. The molecule has 114 valence electrons. The summed E-state index contributed by atoms with van der Waals surface area (Å²) < 4.78 is 0. The Morgan fingerprint density at radius 3 is 2.50 bits per heavy atom. The summed E-state index contributed by atoms with van der Waals surface area (Å²) in [6.07, 6.45) is 1.17. The van der Waals surface area contributed by atoms with Crippen LogP contribution < -0.4 is 11.1 Å². The Kier molecular flexibility index (Phi) is 8.52. The summed E-state index contributed by atoms with van der Waals surface area (Å²) in [7, 11) is 0. The maximum Gasteiger partial charge on any atom is 0.220 e. The van der Waals surface area contributed by atoms with E-state index in [1.165, 1.54) is 0 Å². The van der Waals surface area contributed by atoms with Crippen molar-refractivity contribution in [3.63, 3.8) is 0 Å². The zero-order chi connectivity index (χ0) is 14.5.